The SMILES string of the molecule is C/C=C/CCCC/C=C/C(=O)NCC(C)C. The third kappa shape index (κ3) is 11.0. The van der Waals surface area contributed by atoms with Crippen molar-refractivity contribution in [2.45, 2.75) is 46.5 Å². The lowest BCUT2D eigenvalue weighted by atomic mass is 10.2. The van der Waals surface area contributed by atoms with E-state index in [1.54, 1.807) is 6.08 Å². The van der Waals surface area contributed by atoms with Crippen LogP contribution >= 0.6 is 0 Å². The summed E-state index contributed by atoms with van der Waals surface area (Å²) in [4.78, 5) is 11.3. The topological polar surface area (TPSA) is 29.1 Å². The Bertz CT molecular complexity index is 229. The molecule has 1 amide bonds. The summed E-state index contributed by atoms with van der Waals surface area (Å²) in [6.07, 6.45) is 12.4. The smallest absolute Gasteiger partial charge is 0.243 e. The fraction of sp³-hybridized carbons (Fsp3) is 0.643. The van der Waals surface area contributed by atoms with Crippen LogP contribution < -0.4 is 5.32 Å². The van der Waals surface area contributed by atoms with E-state index in [9.17, 15) is 4.79 Å². The van der Waals surface area contributed by atoms with Gasteiger partial charge in [-0.05, 0) is 44.6 Å². The Hall–Kier alpha value is -1.05. The number of allylic oxidation sites excluding steroid dienone is 3. The highest BCUT2D eigenvalue weighted by Gasteiger charge is 1.96. The van der Waals surface area contributed by atoms with Gasteiger partial charge in [-0.3, -0.25) is 4.79 Å². The summed E-state index contributed by atoms with van der Waals surface area (Å²) in [6.45, 7) is 6.97. The highest BCUT2D eigenvalue weighted by Crippen LogP contribution is 2.01. The normalized spacial score (nSPS) is 11.8. The maximum absolute atomic E-state index is 11.3. The van der Waals surface area contributed by atoms with E-state index in [4.69, 9.17) is 0 Å². The lowest BCUT2D eigenvalue weighted by Crippen LogP contribution is -2.25. The Kier molecular flexibility index (Phi) is 9.78. The van der Waals surface area contributed by atoms with E-state index >= 15 is 0 Å². The number of unbranched alkanes of at least 4 members (excludes halogenated alkanes) is 3. The van der Waals surface area contributed by atoms with Crippen LogP contribution in [-0.2, 0) is 4.79 Å². The van der Waals surface area contributed by atoms with Crippen LogP contribution in [0, 0.1) is 5.92 Å². The van der Waals surface area contributed by atoms with Crippen LogP contribution in [0.5, 0.6) is 0 Å². The summed E-state index contributed by atoms with van der Waals surface area (Å²) in [5.74, 6) is 0.542. The summed E-state index contributed by atoms with van der Waals surface area (Å²) in [5, 5.41) is 2.86. The largest absolute Gasteiger partial charge is 0.352 e. The Morgan fingerprint density at radius 1 is 1.19 bits per heavy atom. The molecular weight excluding hydrogens is 198 g/mol. The molecule has 0 aromatic rings. The quantitative estimate of drug-likeness (QED) is 0.381. The Morgan fingerprint density at radius 3 is 2.38 bits per heavy atom. The standard InChI is InChI=1S/C14H25NO/c1-4-5-6-7-8-9-10-11-14(16)15-12-13(2)3/h4-5,10-11,13H,6-9,12H2,1-3H3,(H,15,16)/b5-4+,11-10+. The third-order valence-electron chi connectivity index (χ3n) is 2.18. The number of carbonyl (C=O) groups excluding carboxylic acids is 1. The summed E-state index contributed by atoms with van der Waals surface area (Å²) >= 11 is 0. The maximum Gasteiger partial charge on any atom is 0.243 e. The minimum atomic E-state index is 0.0298. The van der Waals surface area contributed by atoms with E-state index in [-0.39, 0.29) is 5.91 Å². The van der Waals surface area contributed by atoms with Gasteiger partial charge in [-0.2, -0.15) is 0 Å². The third-order valence-corrected chi connectivity index (χ3v) is 2.18. The molecular formula is C14H25NO. The van der Waals surface area contributed by atoms with Gasteiger partial charge < -0.3 is 5.32 Å². The van der Waals surface area contributed by atoms with Crippen molar-refractivity contribution in [3.8, 4) is 0 Å². The molecule has 1 N–H and O–H groups in total. The molecule has 0 aliphatic carbocycles. The van der Waals surface area contributed by atoms with Gasteiger partial charge in [0.05, 0.1) is 0 Å². The number of carbonyl (C=O) groups is 1. The number of hydrogen-bond donors (Lipinski definition) is 1. The van der Waals surface area contributed by atoms with Crippen molar-refractivity contribution in [2.24, 2.45) is 5.92 Å². The zero-order valence-corrected chi connectivity index (χ0v) is 10.8. The molecule has 0 fully saturated rings. The molecule has 0 unspecified atom stereocenters. The molecule has 0 aliphatic heterocycles. The molecule has 92 valence electrons. The molecule has 0 bridgehead atoms. The van der Waals surface area contributed by atoms with Crippen LogP contribution in [-0.4, -0.2) is 12.5 Å². The van der Waals surface area contributed by atoms with Crippen LogP contribution in [0.2, 0.25) is 0 Å². The van der Waals surface area contributed by atoms with Crippen LogP contribution in [0.15, 0.2) is 24.3 Å². The fourth-order valence-electron chi connectivity index (χ4n) is 1.25. The Labute approximate surface area is 99.8 Å². The average Bonchev–Trinajstić information content (AvgIpc) is 2.25. The molecule has 0 spiro atoms. The van der Waals surface area contributed by atoms with E-state index in [1.165, 1.54) is 6.42 Å². The van der Waals surface area contributed by atoms with Crippen molar-refractivity contribution < 1.29 is 4.79 Å². The average molecular weight is 223 g/mol. The van der Waals surface area contributed by atoms with Crippen molar-refractivity contribution in [2.75, 3.05) is 6.54 Å². The molecule has 0 radical (unpaired) electrons. The zero-order valence-electron chi connectivity index (χ0n) is 10.8. The molecule has 0 rings (SSSR count). The zero-order chi connectivity index (χ0) is 12.2. The minimum absolute atomic E-state index is 0.0298. The summed E-state index contributed by atoms with van der Waals surface area (Å²) in [6, 6.07) is 0. The van der Waals surface area contributed by atoms with Gasteiger partial charge in [0, 0.05) is 6.54 Å². The van der Waals surface area contributed by atoms with Crippen LogP contribution in [0.3, 0.4) is 0 Å². The van der Waals surface area contributed by atoms with Gasteiger partial charge in [0.15, 0.2) is 0 Å². The van der Waals surface area contributed by atoms with Crippen LogP contribution in [0.25, 0.3) is 0 Å². The lowest BCUT2D eigenvalue weighted by Gasteiger charge is -2.04. The molecule has 16 heavy (non-hydrogen) atoms. The highest BCUT2D eigenvalue weighted by atomic mass is 16.1. The maximum atomic E-state index is 11.3. The number of amides is 1. The molecule has 0 aromatic heterocycles. The predicted molar refractivity (Wildman–Crippen MR) is 70.3 cm³/mol. The van der Waals surface area contributed by atoms with Crippen molar-refractivity contribution in [3.63, 3.8) is 0 Å². The Balaban J connectivity index is 3.41. The second kappa shape index (κ2) is 10.5. The van der Waals surface area contributed by atoms with Crippen molar-refractivity contribution in [1.82, 2.24) is 5.32 Å². The van der Waals surface area contributed by atoms with Gasteiger partial charge in [-0.15, -0.1) is 0 Å². The van der Waals surface area contributed by atoms with E-state index in [0.717, 1.165) is 25.8 Å². The molecule has 0 aromatic carbocycles. The second-order valence-corrected chi connectivity index (χ2v) is 4.39. The van der Waals surface area contributed by atoms with Crippen LogP contribution in [0.4, 0.5) is 0 Å². The first-order valence-electron chi connectivity index (χ1n) is 6.22. The van der Waals surface area contributed by atoms with Gasteiger partial charge >= 0.3 is 0 Å². The number of hydrogen-bond acceptors (Lipinski definition) is 1. The van der Waals surface area contributed by atoms with Crippen molar-refractivity contribution >= 4 is 5.91 Å². The fourth-order valence-corrected chi connectivity index (χ4v) is 1.25. The minimum Gasteiger partial charge on any atom is -0.352 e. The molecule has 0 aliphatic rings. The summed E-state index contributed by atoms with van der Waals surface area (Å²) < 4.78 is 0. The predicted octanol–water partition coefficient (Wildman–Crippen LogP) is 3.45. The molecule has 0 heterocycles. The molecule has 0 saturated heterocycles. The monoisotopic (exact) mass is 223 g/mol. The number of nitrogens with one attached hydrogen (secondary N) is 1. The number of rotatable bonds is 8. The first-order chi connectivity index (χ1) is 7.66. The van der Waals surface area contributed by atoms with E-state index in [2.05, 4.69) is 31.3 Å². The molecule has 2 nitrogen and oxygen atoms in total. The molecule has 2 heteroatoms. The van der Waals surface area contributed by atoms with Gasteiger partial charge in [0.25, 0.3) is 0 Å². The van der Waals surface area contributed by atoms with E-state index in [1.807, 2.05) is 13.0 Å². The van der Waals surface area contributed by atoms with Crippen molar-refractivity contribution in [3.05, 3.63) is 24.3 Å². The highest BCUT2D eigenvalue weighted by molar-refractivity contribution is 5.87. The van der Waals surface area contributed by atoms with Gasteiger partial charge in [-0.1, -0.05) is 32.1 Å². The van der Waals surface area contributed by atoms with Gasteiger partial charge in [0.1, 0.15) is 0 Å². The van der Waals surface area contributed by atoms with Crippen LogP contribution in [0.1, 0.15) is 46.5 Å². The van der Waals surface area contributed by atoms with Gasteiger partial charge in [0.2, 0.25) is 5.91 Å². The molecule has 0 atom stereocenters. The summed E-state index contributed by atoms with van der Waals surface area (Å²) in [5.41, 5.74) is 0. The Morgan fingerprint density at radius 2 is 1.81 bits per heavy atom. The van der Waals surface area contributed by atoms with E-state index < -0.39 is 0 Å². The van der Waals surface area contributed by atoms with E-state index in [0.29, 0.717) is 5.92 Å². The van der Waals surface area contributed by atoms with Crippen molar-refractivity contribution in [1.29, 1.82) is 0 Å². The summed E-state index contributed by atoms with van der Waals surface area (Å²) in [7, 11) is 0. The second-order valence-electron chi connectivity index (χ2n) is 4.39. The first kappa shape index (κ1) is 14.9. The van der Waals surface area contributed by atoms with Gasteiger partial charge in [-0.25, -0.2) is 0 Å². The molecule has 0 saturated carbocycles. The first-order valence-corrected chi connectivity index (χ1v) is 6.22. The lowest BCUT2D eigenvalue weighted by molar-refractivity contribution is -0.116.